The largest absolute Gasteiger partial charge is 0.489 e. The number of carbonyl (C=O) groups excluding carboxylic acids is 1. The summed E-state index contributed by atoms with van der Waals surface area (Å²) in [5.41, 5.74) is 1.80. The van der Waals surface area contributed by atoms with E-state index in [0.29, 0.717) is 31.7 Å². The van der Waals surface area contributed by atoms with Crippen molar-refractivity contribution in [3.63, 3.8) is 0 Å². The third-order valence-electron chi connectivity index (χ3n) is 4.55. The van der Waals surface area contributed by atoms with E-state index in [-0.39, 0.29) is 5.91 Å². The van der Waals surface area contributed by atoms with Gasteiger partial charge in [-0.25, -0.2) is 0 Å². The number of nitriles is 1. The average Bonchev–Trinajstić information content (AvgIpc) is 2.72. The van der Waals surface area contributed by atoms with Gasteiger partial charge < -0.3 is 9.64 Å². The predicted molar refractivity (Wildman–Crippen MR) is 99.8 cm³/mol. The Balaban J connectivity index is 1.50. The van der Waals surface area contributed by atoms with Crippen molar-refractivity contribution in [2.45, 2.75) is 13.0 Å². The molecule has 0 aromatic heterocycles. The molecule has 0 saturated carbocycles. The molecule has 0 unspecified atom stereocenters. The molecule has 0 aliphatic carbocycles. The van der Waals surface area contributed by atoms with Crippen LogP contribution < -0.4 is 4.74 Å². The molecule has 1 amide bonds. The van der Waals surface area contributed by atoms with Gasteiger partial charge in [0.25, 0.3) is 5.91 Å². The van der Waals surface area contributed by atoms with Gasteiger partial charge in [-0.1, -0.05) is 30.3 Å². The summed E-state index contributed by atoms with van der Waals surface area (Å²) in [6.07, 6.45) is 0.540. The zero-order chi connectivity index (χ0) is 18.2. The summed E-state index contributed by atoms with van der Waals surface area (Å²) in [5.74, 6) is 0.811. The highest BCUT2D eigenvalue weighted by atomic mass is 16.5. The molecule has 1 aliphatic rings. The lowest BCUT2D eigenvalue weighted by Crippen LogP contribution is -2.48. The fourth-order valence-corrected chi connectivity index (χ4v) is 3.00. The molecule has 134 valence electrons. The van der Waals surface area contributed by atoms with Gasteiger partial charge in [-0.15, -0.1) is 0 Å². The maximum atomic E-state index is 12.6. The van der Waals surface area contributed by atoms with Crippen molar-refractivity contribution in [1.29, 1.82) is 5.26 Å². The quantitative estimate of drug-likeness (QED) is 0.805. The summed E-state index contributed by atoms with van der Waals surface area (Å²) in [4.78, 5) is 16.7. The second kappa shape index (κ2) is 9.02. The highest BCUT2D eigenvalue weighted by Gasteiger charge is 2.21. The molecule has 1 fully saturated rings. The number of rotatable bonds is 6. The van der Waals surface area contributed by atoms with E-state index in [1.165, 1.54) is 0 Å². The van der Waals surface area contributed by atoms with Gasteiger partial charge in [0.2, 0.25) is 0 Å². The van der Waals surface area contributed by atoms with Crippen LogP contribution in [0.5, 0.6) is 5.75 Å². The topological polar surface area (TPSA) is 56.6 Å². The molecule has 1 saturated heterocycles. The van der Waals surface area contributed by atoms with Crippen LogP contribution in [0.2, 0.25) is 0 Å². The van der Waals surface area contributed by atoms with E-state index in [9.17, 15) is 4.79 Å². The van der Waals surface area contributed by atoms with Crippen molar-refractivity contribution < 1.29 is 9.53 Å². The molecule has 1 aliphatic heterocycles. The fraction of sp³-hybridized carbons (Fsp3) is 0.333. The maximum Gasteiger partial charge on any atom is 0.253 e. The molecular formula is C21H23N3O2. The van der Waals surface area contributed by atoms with Crippen LogP contribution in [-0.2, 0) is 6.61 Å². The van der Waals surface area contributed by atoms with Gasteiger partial charge in [0, 0.05) is 44.7 Å². The first-order chi connectivity index (χ1) is 12.8. The zero-order valence-electron chi connectivity index (χ0n) is 14.8. The minimum absolute atomic E-state index is 0.0551. The first-order valence-electron chi connectivity index (χ1n) is 8.91. The second-order valence-electron chi connectivity index (χ2n) is 6.34. The van der Waals surface area contributed by atoms with Crippen molar-refractivity contribution in [2.24, 2.45) is 0 Å². The molecule has 1 heterocycles. The Morgan fingerprint density at radius 2 is 1.69 bits per heavy atom. The molecular weight excluding hydrogens is 326 g/mol. The highest BCUT2D eigenvalue weighted by Crippen LogP contribution is 2.16. The van der Waals surface area contributed by atoms with Crippen molar-refractivity contribution in [3.8, 4) is 11.8 Å². The Kier molecular flexibility index (Phi) is 6.24. The van der Waals surface area contributed by atoms with E-state index in [2.05, 4.69) is 11.0 Å². The number of hydrogen-bond acceptors (Lipinski definition) is 4. The van der Waals surface area contributed by atoms with Crippen LogP contribution >= 0.6 is 0 Å². The van der Waals surface area contributed by atoms with Crippen LogP contribution in [0.25, 0.3) is 0 Å². The maximum absolute atomic E-state index is 12.6. The Hall–Kier alpha value is -2.84. The molecule has 0 radical (unpaired) electrons. The lowest BCUT2D eigenvalue weighted by atomic mass is 10.1. The van der Waals surface area contributed by atoms with E-state index < -0.39 is 0 Å². The normalized spacial score (nSPS) is 14.7. The van der Waals surface area contributed by atoms with Crippen LogP contribution in [0.4, 0.5) is 0 Å². The molecule has 2 aromatic rings. The highest BCUT2D eigenvalue weighted by molar-refractivity contribution is 5.94. The first kappa shape index (κ1) is 18.0. The summed E-state index contributed by atoms with van der Waals surface area (Å²) in [6.45, 7) is 4.36. The second-order valence-corrected chi connectivity index (χ2v) is 6.34. The Labute approximate surface area is 154 Å². The van der Waals surface area contributed by atoms with Gasteiger partial charge >= 0.3 is 0 Å². The molecule has 0 bridgehead atoms. The van der Waals surface area contributed by atoms with Gasteiger partial charge in [0.05, 0.1) is 6.07 Å². The lowest BCUT2D eigenvalue weighted by Gasteiger charge is -2.34. The van der Waals surface area contributed by atoms with Crippen molar-refractivity contribution >= 4 is 5.91 Å². The summed E-state index contributed by atoms with van der Waals surface area (Å²) in [7, 11) is 0. The molecule has 5 nitrogen and oxygen atoms in total. The van der Waals surface area contributed by atoms with E-state index in [4.69, 9.17) is 10.00 Å². The van der Waals surface area contributed by atoms with E-state index in [1.807, 2.05) is 59.5 Å². The van der Waals surface area contributed by atoms with Gasteiger partial charge in [0.1, 0.15) is 12.4 Å². The van der Waals surface area contributed by atoms with Crippen LogP contribution in [0.3, 0.4) is 0 Å². The third kappa shape index (κ3) is 4.84. The van der Waals surface area contributed by atoms with E-state index in [0.717, 1.165) is 30.9 Å². The summed E-state index contributed by atoms with van der Waals surface area (Å²) in [5, 5.41) is 8.66. The van der Waals surface area contributed by atoms with E-state index >= 15 is 0 Å². The van der Waals surface area contributed by atoms with Crippen LogP contribution in [-0.4, -0.2) is 48.4 Å². The SMILES string of the molecule is N#CCCN1CCN(C(=O)c2ccc(OCc3ccccc3)cc2)CC1. The number of ether oxygens (including phenoxy) is 1. The number of piperazine rings is 1. The Morgan fingerprint density at radius 3 is 2.35 bits per heavy atom. The van der Waals surface area contributed by atoms with Gasteiger partial charge in [0.15, 0.2) is 0 Å². The fourth-order valence-electron chi connectivity index (χ4n) is 3.00. The number of carbonyl (C=O) groups is 1. The number of hydrogen-bond donors (Lipinski definition) is 0. The Bertz CT molecular complexity index is 745. The zero-order valence-corrected chi connectivity index (χ0v) is 14.8. The molecule has 0 spiro atoms. The van der Waals surface area contributed by atoms with Gasteiger partial charge in [-0.3, -0.25) is 9.69 Å². The molecule has 5 heteroatoms. The standard InChI is InChI=1S/C21H23N3O2/c22-11-4-12-23-13-15-24(16-14-23)21(25)19-7-9-20(10-8-19)26-17-18-5-2-1-3-6-18/h1-3,5-10H,4,12-17H2. The predicted octanol–water partition coefficient (Wildman–Crippen LogP) is 2.94. The minimum Gasteiger partial charge on any atom is -0.489 e. The molecule has 2 aromatic carbocycles. The third-order valence-corrected chi connectivity index (χ3v) is 4.55. The van der Waals surface area contributed by atoms with E-state index in [1.54, 1.807) is 0 Å². The first-order valence-corrected chi connectivity index (χ1v) is 8.91. The number of nitrogens with zero attached hydrogens (tertiary/aromatic N) is 3. The summed E-state index contributed by atoms with van der Waals surface area (Å²) >= 11 is 0. The van der Waals surface area contributed by atoms with Crippen LogP contribution in [0.15, 0.2) is 54.6 Å². The monoisotopic (exact) mass is 349 g/mol. The van der Waals surface area contributed by atoms with Gasteiger partial charge in [-0.05, 0) is 29.8 Å². The number of benzene rings is 2. The van der Waals surface area contributed by atoms with Gasteiger partial charge in [-0.2, -0.15) is 5.26 Å². The van der Waals surface area contributed by atoms with Crippen LogP contribution in [0, 0.1) is 11.3 Å². The van der Waals surface area contributed by atoms with Crippen molar-refractivity contribution in [2.75, 3.05) is 32.7 Å². The Morgan fingerprint density at radius 1 is 1.00 bits per heavy atom. The van der Waals surface area contributed by atoms with Crippen molar-refractivity contribution in [1.82, 2.24) is 9.80 Å². The summed E-state index contributed by atoms with van der Waals surface area (Å²) < 4.78 is 5.77. The average molecular weight is 349 g/mol. The minimum atomic E-state index is 0.0551. The van der Waals surface area contributed by atoms with Crippen LogP contribution in [0.1, 0.15) is 22.3 Å². The molecule has 0 N–H and O–H groups in total. The smallest absolute Gasteiger partial charge is 0.253 e. The molecule has 0 atom stereocenters. The summed E-state index contributed by atoms with van der Waals surface area (Å²) in [6, 6.07) is 19.5. The molecule has 3 rings (SSSR count). The molecule has 26 heavy (non-hydrogen) atoms. The van der Waals surface area contributed by atoms with Crippen molar-refractivity contribution in [3.05, 3.63) is 65.7 Å². The lowest BCUT2D eigenvalue weighted by molar-refractivity contribution is 0.0639. The number of amides is 1.